The van der Waals surface area contributed by atoms with Crippen molar-refractivity contribution in [1.29, 1.82) is 5.26 Å². The first-order valence-electron chi connectivity index (χ1n) is 4.90. The van der Waals surface area contributed by atoms with Gasteiger partial charge in [0.2, 0.25) is 0 Å². The molecule has 0 bridgehead atoms. The molecule has 0 amide bonds. The van der Waals surface area contributed by atoms with Crippen LogP contribution in [0.15, 0.2) is 29.8 Å². The summed E-state index contributed by atoms with van der Waals surface area (Å²) < 4.78 is 5.56. The van der Waals surface area contributed by atoms with Crippen LogP contribution >= 0.6 is 0 Å². The van der Waals surface area contributed by atoms with Crippen LogP contribution in [0.2, 0.25) is 0 Å². The highest BCUT2D eigenvalue weighted by molar-refractivity contribution is 5.41. The predicted molar refractivity (Wildman–Crippen MR) is 60.8 cm³/mol. The summed E-state index contributed by atoms with van der Waals surface area (Å²) in [7, 11) is 0. The van der Waals surface area contributed by atoms with Crippen molar-refractivity contribution in [2.45, 2.75) is 20.8 Å². The van der Waals surface area contributed by atoms with Gasteiger partial charge in [0.15, 0.2) is 0 Å². The van der Waals surface area contributed by atoms with E-state index in [2.05, 4.69) is 6.07 Å². The number of benzene rings is 1. The lowest BCUT2D eigenvalue weighted by atomic mass is 10.1. The van der Waals surface area contributed by atoms with Crippen molar-refractivity contribution in [3.63, 3.8) is 0 Å². The summed E-state index contributed by atoms with van der Waals surface area (Å²) in [5, 5.41) is 8.75. The Hall–Kier alpha value is -1.75. The Morgan fingerprint density at radius 1 is 1.47 bits per heavy atom. The van der Waals surface area contributed by atoms with Gasteiger partial charge in [0.1, 0.15) is 12.4 Å². The summed E-state index contributed by atoms with van der Waals surface area (Å²) in [6.45, 7) is 6.58. The molecule has 0 spiro atoms. The van der Waals surface area contributed by atoms with E-state index < -0.39 is 0 Å². The standard InChI is InChI=1S/C13H15NO/c1-10(2)6-7-15-13-8-12(9-14)5-4-11(13)3/h4-6,8H,7H2,1-3H3. The van der Waals surface area contributed by atoms with Gasteiger partial charge in [-0.3, -0.25) is 0 Å². The lowest BCUT2D eigenvalue weighted by Gasteiger charge is -2.07. The van der Waals surface area contributed by atoms with Crippen LogP contribution in [0, 0.1) is 18.3 Å². The molecule has 0 saturated carbocycles. The van der Waals surface area contributed by atoms with Gasteiger partial charge in [0, 0.05) is 0 Å². The minimum atomic E-state index is 0.554. The largest absolute Gasteiger partial charge is 0.489 e. The second kappa shape index (κ2) is 5.21. The number of nitriles is 1. The highest BCUT2D eigenvalue weighted by Gasteiger charge is 2.00. The fourth-order valence-electron chi connectivity index (χ4n) is 1.12. The number of hydrogen-bond acceptors (Lipinski definition) is 2. The highest BCUT2D eigenvalue weighted by atomic mass is 16.5. The summed E-state index contributed by atoms with van der Waals surface area (Å²) in [6.07, 6.45) is 2.01. The van der Waals surface area contributed by atoms with Crippen molar-refractivity contribution in [1.82, 2.24) is 0 Å². The minimum Gasteiger partial charge on any atom is -0.489 e. The van der Waals surface area contributed by atoms with Crippen molar-refractivity contribution in [2.24, 2.45) is 0 Å². The first kappa shape index (κ1) is 11.3. The summed E-state index contributed by atoms with van der Waals surface area (Å²) in [5.74, 6) is 0.784. The summed E-state index contributed by atoms with van der Waals surface area (Å²) >= 11 is 0. The second-order valence-corrected chi connectivity index (χ2v) is 3.68. The van der Waals surface area contributed by atoms with Gasteiger partial charge in [-0.2, -0.15) is 5.26 Å². The van der Waals surface area contributed by atoms with Gasteiger partial charge in [-0.1, -0.05) is 11.6 Å². The first-order valence-corrected chi connectivity index (χ1v) is 4.90. The molecule has 0 N–H and O–H groups in total. The van der Waals surface area contributed by atoms with Crippen molar-refractivity contribution in [2.75, 3.05) is 6.61 Å². The molecule has 0 atom stereocenters. The van der Waals surface area contributed by atoms with Crippen molar-refractivity contribution in [3.8, 4) is 11.8 Å². The average Bonchev–Trinajstić information content (AvgIpc) is 2.20. The van der Waals surface area contributed by atoms with Crippen LogP contribution < -0.4 is 4.74 Å². The molecule has 0 aromatic heterocycles. The van der Waals surface area contributed by atoms with E-state index in [1.54, 1.807) is 12.1 Å². The van der Waals surface area contributed by atoms with Crippen LogP contribution in [0.4, 0.5) is 0 Å². The number of rotatable bonds is 3. The summed E-state index contributed by atoms with van der Waals surface area (Å²) in [5.41, 5.74) is 2.91. The maximum Gasteiger partial charge on any atom is 0.124 e. The fraction of sp³-hybridized carbons (Fsp3) is 0.308. The topological polar surface area (TPSA) is 33.0 Å². The summed E-state index contributed by atoms with van der Waals surface area (Å²) in [4.78, 5) is 0. The Balaban J connectivity index is 2.76. The maximum absolute atomic E-state index is 8.75. The van der Waals surface area contributed by atoms with E-state index in [1.807, 2.05) is 32.9 Å². The van der Waals surface area contributed by atoms with Crippen molar-refractivity contribution in [3.05, 3.63) is 41.0 Å². The molecule has 1 aromatic carbocycles. The third-order valence-electron chi connectivity index (χ3n) is 2.05. The number of allylic oxidation sites excluding steroid dienone is 1. The molecule has 78 valence electrons. The fourth-order valence-corrected chi connectivity index (χ4v) is 1.12. The SMILES string of the molecule is CC(C)=CCOc1cc(C#N)ccc1C. The van der Waals surface area contributed by atoms with E-state index >= 15 is 0 Å². The molecule has 0 saturated heterocycles. The smallest absolute Gasteiger partial charge is 0.124 e. The van der Waals surface area contributed by atoms with E-state index in [0.717, 1.165) is 11.3 Å². The van der Waals surface area contributed by atoms with Gasteiger partial charge in [0.05, 0.1) is 11.6 Å². The van der Waals surface area contributed by atoms with Crippen LogP contribution in [-0.2, 0) is 0 Å². The van der Waals surface area contributed by atoms with Crippen LogP contribution in [-0.4, -0.2) is 6.61 Å². The van der Waals surface area contributed by atoms with Crippen molar-refractivity contribution >= 4 is 0 Å². The molecule has 0 fully saturated rings. The monoisotopic (exact) mass is 201 g/mol. The second-order valence-electron chi connectivity index (χ2n) is 3.68. The number of aryl methyl sites for hydroxylation is 1. The zero-order valence-electron chi connectivity index (χ0n) is 9.37. The third kappa shape index (κ3) is 3.47. The molecule has 0 aliphatic heterocycles. The average molecular weight is 201 g/mol. The molecule has 1 rings (SSSR count). The molecule has 2 heteroatoms. The third-order valence-corrected chi connectivity index (χ3v) is 2.05. The van der Waals surface area contributed by atoms with Gasteiger partial charge in [-0.25, -0.2) is 0 Å². The van der Waals surface area contributed by atoms with Gasteiger partial charge in [-0.05, 0) is 44.5 Å². The maximum atomic E-state index is 8.75. The molecular formula is C13H15NO. The van der Waals surface area contributed by atoms with E-state index in [-0.39, 0.29) is 0 Å². The highest BCUT2D eigenvalue weighted by Crippen LogP contribution is 2.19. The van der Waals surface area contributed by atoms with Crippen LogP contribution in [0.1, 0.15) is 25.0 Å². The molecule has 0 aliphatic rings. The Morgan fingerprint density at radius 3 is 2.80 bits per heavy atom. The lowest BCUT2D eigenvalue weighted by molar-refractivity contribution is 0.359. The van der Waals surface area contributed by atoms with Gasteiger partial charge in [0.25, 0.3) is 0 Å². The number of hydrogen-bond donors (Lipinski definition) is 0. The molecule has 0 radical (unpaired) electrons. The van der Waals surface area contributed by atoms with Crippen LogP contribution in [0.5, 0.6) is 5.75 Å². The quantitative estimate of drug-likeness (QED) is 0.703. The van der Waals surface area contributed by atoms with Gasteiger partial charge >= 0.3 is 0 Å². The predicted octanol–water partition coefficient (Wildman–Crippen LogP) is 3.21. The van der Waals surface area contributed by atoms with Gasteiger partial charge < -0.3 is 4.74 Å². The molecule has 15 heavy (non-hydrogen) atoms. The Bertz CT molecular complexity index is 409. The molecule has 2 nitrogen and oxygen atoms in total. The van der Waals surface area contributed by atoms with E-state index in [1.165, 1.54) is 5.57 Å². The number of nitrogens with zero attached hydrogens (tertiary/aromatic N) is 1. The Kier molecular flexibility index (Phi) is 3.93. The van der Waals surface area contributed by atoms with Crippen LogP contribution in [0.3, 0.4) is 0 Å². The Morgan fingerprint density at radius 2 is 2.20 bits per heavy atom. The minimum absolute atomic E-state index is 0.554. The zero-order valence-corrected chi connectivity index (χ0v) is 9.37. The molecule has 1 aromatic rings. The van der Waals surface area contributed by atoms with Crippen LogP contribution in [0.25, 0.3) is 0 Å². The summed E-state index contributed by atoms with van der Waals surface area (Å²) in [6, 6.07) is 7.56. The Labute approximate surface area is 90.8 Å². The molecule has 0 heterocycles. The molecule has 0 unspecified atom stereocenters. The number of ether oxygens (including phenoxy) is 1. The van der Waals surface area contributed by atoms with E-state index in [9.17, 15) is 0 Å². The zero-order chi connectivity index (χ0) is 11.3. The molecular weight excluding hydrogens is 186 g/mol. The van der Waals surface area contributed by atoms with E-state index in [4.69, 9.17) is 10.00 Å². The lowest BCUT2D eigenvalue weighted by Crippen LogP contribution is -1.96. The molecule has 0 aliphatic carbocycles. The first-order chi connectivity index (χ1) is 7.13. The van der Waals surface area contributed by atoms with Gasteiger partial charge in [-0.15, -0.1) is 0 Å². The van der Waals surface area contributed by atoms with E-state index in [0.29, 0.717) is 12.2 Å². The normalized spacial score (nSPS) is 9.20. The van der Waals surface area contributed by atoms with Crippen molar-refractivity contribution < 1.29 is 4.74 Å².